The van der Waals surface area contributed by atoms with E-state index in [1.165, 1.54) is 17.4 Å². The SMILES string of the molecule is NC(=O)c1c(NC(=O)c2cc(-c3ccc(Cl)c(Cl)c3)on2)sc2c1CCCC2. The van der Waals surface area contributed by atoms with E-state index in [0.717, 1.165) is 36.1 Å². The monoisotopic (exact) mass is 435 g/mol. The highest BCUT2D eigenvalue weighted by Crippen LogP contribution is 2.38. The number of primary amides is 1. The molecule has 9 heteroatoms. The number of nitrogens with zero attached hydrogens (tertiary/aromatic N) is 1. The highest BCUT2D eigenvalue weighted by atomic mass is 35.5. The van der Waals surface area contributed by atoms with Gasteiger partial charge in [0.25, 0.3) is 11.8 Å². The third-order valence-corrected chi connectivity index (χ3v) is 6.54. The van der Waals surface area contributed by atoms with E-state index in [0.29, 0.717) is 31.9 Å². The summed E-state index contributed by atoms with van der Waals surface area (Å²) in [4.78, 5) is 25.7. The molecule has 3 aromatic rings. The number of nitrogens with one attached hydrogen (secondary N) is 1. The number of anilines is 1. The molecule has 0 radical (unpaired) electrons. The van der Waals surface area contributed by atoms with Crippen LogP contribution in [0.15, 0.2) is 28.8 Å². The van der Waals surface area contributed by atoms with E-state index in [1.807, 2.05) is 0 Å². The van der Waals surface area contributed by atoms with Crippen molar-refractivity contribution in [3.8, 4) is 11.3 Å². The van der Waals surface area contributed by atoms with E-state index in [4.69, 9.17) is 33.5 Å². The summed E-state index contributed by atoms with van der Waals surface area (Å²) >= 11 is 13.3. The number of nitrogens with two attached hydrogens (primary N) is 1. The highest BCUT2D eigenvalue weighted by Gasteiger charge is 2.26. The van der Waals surface area contributed by atoms with Gasteiger partial charge in [0.1, 0.15) is 5.00 Å². The summed E-state index contributed by atoms with van der Waals surface area (Å²) in [6, 6.07) is 6.49. The number of carbonyl (C=O) groups excluding carboxylic acids is 2. The minimum atomic E-state index is -0.536. The lowest BCUT2D eigenvalue weighted by Gasteiger charge is -2.11. The number of fused-ring (bicyclic) bond motifs is 1. The number of benzene rings is 1. The van der Waals surface area contributed by atoms with Crippen molar-refractivity contribution in [2.75, 3.05) is 5.32 Å². The molecule has 1 aliphatic rings. The van der Waals surface area contributed by atoms with Crippen LogP contribution in [0, 0.1) is 0 Å². The first-order valence-electron chi connectivity index (χ1n) is 8.62. The second-order valence-corrected chi connectivity index (χ2v) is 8.36. The Morgan fingerprint density at radius 2 is 1.93 bits per heavy atom. The van der Waals surface area contributed by atoms with E-state index in [1.54, 1.807) is 18.2 Å². The normalized spacial score (nSPS) is 13.2. The summed E-state index contributed by atoms with van der Waals surface area (Å²) in [7, 11) is 0. The number of halogens is 2. The largest absolute Gasteiger partial charge is 0.365 e. The third kappa shape index (κ3) is 3.53. The van der Waals surface area contributed by atoms with E-state index >= 15 is 0 Å². The Hall–Kier alpha value is -2.35. The smallest absolute Gasteiger partial charge is 0.278 e. The number of rotatable bonds is 4. The number of amides is 2. The van der Waals surface area contributed by atoms with Crippen LogP contribution in [0.2, 0.25) is 10.0 Å². The first-order valence-corrected chi connectivity index (χ1v) is 10.2. The second kappa shape index (κ2) is 7.58. The van der Waals surface area contributed by atoms with Crippen LogP contribution in [0.25, 0.3) is 11.3 Å². The van der Waals surface area contributed by atoms with Gasteiger partial charge in [-0.05, 0) is 49.4 Å². The average molecular weight is 436 g/mol. The van der Waals surface area contributed by atoms with Gasteiger partial charge in [0.2, 0.25) is 0 Å². The van der Waals surface area contributed by atoms with Crippen LogP contribution in [0.1, 0.15) is 44.1 Å². The van der Waals surface area contributed by atoms with Crippen LogP contribution in [-0.2, 0) is 12.8 Å². The molecule has 0 aliphatic heterocycles. The van der Waals surface area contributed by atoms with Crippen molar-refractivity contribution >= 4 is 51.4 Å². The fourth-order valence-electron chi connectivity index (χ4n) is 3.25. The molecule has 3 N–H and O–H groups in total. The van der Waals surface area contributed by atoms with Gasteiger partial charge in [-0.2, -0.15) is 0 Å². The Morgan fingerprint density at radius 1 is 1.14 bits per heavy atom. The molecular formula is C19H15Cl2N3O3S. The zero-order chi connectivity index (χ0) is 19.8. The molecular weight excluding hydrogens is 421 g/mol. The maximum absolute atomic E-state index is 12.6. The summed E-state index contributed by atoms with van der Waals surface area (Å²) in [6.07, 6.45) is 3.76. The molecule has 4 rings (SSSR count). The van der Waals surface area contributed by atoms with Crippen molar-refractivity contribution in [2.45, 2.75) is 25.7 Å². The summed E-state index contributed by atoms with van der Waals surface area (Å²) in [5.74, 6) is -0.633. The van der Waals surface area contributed by atoms with Crippen molar-refractivity contribution in [3.63, 3.8) is 0 Å². The van der Waals surface area contributed by atoms with Crippen LogP contribution in [0.4, 0.5) is 5.00 Å². The number of thiophene rings is 1. The molecule has 1 aliphatic carbocycles. The molecule has 0 unspecified atom stereocenters. The molecule has 144 valence electrons. The minimum absolute atomic E-state index is 0.0860. The molecule has 0 fully saturated rings. The highest BCUT2D eigenvalue weighted by molar-refractivity contribution is 7.17. The molecule has 28 heavy (non-hydrogen) atoms. The van der Waals surface area contributed by atoms with Crippen LogP contribution >= 0.6 is 34.5 Å². The van der Waals surface area contributed by atoms with Gasteiger partial charge in [0.15, 0.2) is 11.5 Å². The van der Waals surface area contributed by atoms with E-state index in [2.05, 4.69) is 10.5 Å². The van der Waals surface area contributed by atoms with Gasteiger partial charge in [-0.15, -0.1) is 11.3 Å². The quantitative estimate of drug-likeness (QED) is 0.605. The van der Waals surface area contributed by atoms with Crippen molar-refractivity contribution in [1.82, 2.24) is 5.16 Å². The second-order valence-electron chi connectivity index (χ2n) is 6.44. The van der Waals surface area contributed by atoms with Crippen LogP contribution in [-0.4, -0.2) is 17.0 Å². The lowest BCUT2D eigenvalue weighted by Crippen LogP contribution is -2.18. The van der Waals surface area contributed by atoms with Gasteiger partial charge in [-0.1, -0.05) is 28.4 Å². The molecule has 2 amide bonds. The Kier molecular flexibility index (Phi) is 5.14. The molecule has 2 heterocycles. The lowest BCUT2D eigenvalue weighted by molar-refractivity contribution is 0.100. The Bertz CT molecular complexity index is 1090. The first kappa shape index (κ1) is 19.0. The number of carbonyl (C=O) groups is 2. The summed E-state index contributed by atoms with van der Waals surface area (Å²) < 4.78 is 5.26. The van der Waals surface area contributed by atoms with Crippen LogP contribution in [0.5, 0.6) is 0 Å². The van der Waals surface area contributed by atoms with Gasteiger partial charge < -0.3 is 15.6 Å². The van der Waals surface area contributed by atoms with Crippen molar-refractivity contribution in [1.29, 1.82) is 0 Å². The Morgan fingerprint density at radius 3 is 2.68 bits per heavy atom. The lowest BCUT2D eigenvalue weighted by atomic mass is 9.95. The summed E-state index contributed by atoms with van der Waals surface area (Å²) in [6.45, 7) is 0. The van der Waals surface area contributed by atoms with E-state index in [9.17, 15) is 9.59 Å². The van der Waals surface area contributed by atoms with Gasteiger partial charge in [-0.3, -0.25) is 9.59 Å². The van der Waals surface area contributed by atoms with E-state index in [-0.39, 0.29) is 5.69 Å². The van der Waals surface area contributed by atoms with Gasteiger partial charge in [-0.25, -0.2) is 0 Å². The molecule has 0 spiro atoms. The van der Waals surface area contributed by atoms with Crippen molar-refractivity contribution in [3.05, 3.63) is 56.0 Å². The standard InChI is InChI=1S/C19H15Cl2N3O3S/c20-11-6-5-9(7-12(11)21)14-8-13(24-27-14)18(26)23-19-16(17(22)25)10-3-1-2-4-15(10)28-19/h5-8H,1-4H2,(H2,22,25)(H,23,26). The predicted octanol–water partition coefficient (Wildman–Crippen LogP) is 4.94. The van der Waals surface area contributed by atoms with Gasteiger partial charge >= 0.3 is 0 Å². The summed E-state index contributed by atoms with van der Waals surface area (Å²) in [5.41, 5.74) is 7.65. The Labute approximate surface area is 174 Å². The molecule has 1 aromatic carbocycles. The fourth-order valence-corrected chi connectivity index (χ4v) is 4.84. The number of aryl methyl sites for hydroxylation is 1. The number of hydrogen-bond donors (Lipinski definition) is 2. The van der Waals surface area contributed by atoms with Crippen molar-refractivity contribution < 1.29 is 14.1 Å². The number of hydrogen-bond acceptors (Lipinski definition) is 5. The zero-order valence-electron chi connectivity index (χ0n) is 14.6. The molecule has 0 atom stereocenters. The Balaban J connectivity index is 1.60. The first-order chi connectivity index (χ1) is 13.4. The molecule has 0 saturated carbocycles. The molecule has 6 nitrogen and oxygen atoms in total. The maximum Gasteiger partial charge on any atom is 0.278 e. The third-order valence-electron chi connectivity index (χ3n) is 4.59. The van der Waals surface area contributed by atoms with Crippen LogP contribution in [0.3, 0.4) is 0 Å². The molecule has 2 aromatic heterocycles. The summed E-state index contributed by atoms with van der Waals surface area (Å²) in [5, 5.41) is 7.84. The van der Waals surface area contributed by atoms with E-state index < -0.39 is 11.8 Å². The zero-order valence-corrected chi connectivity index (χ0v) is 16.9. The van der Waals surface area contributed by atoms with Crippen molar-refractivity contribution in [2.24, 2.45) is 5.73 Å². The molecule has 0 bridgehead atoms. The minimum Gasteiger partial charge on any atom is -0.365 e. The number of aromatic nitrogens is 1. The predicted molar refractivity (Wildman–Crippen MR) is 109 cm³/mol. The maximum atomic E-state index is 12.6. The fraction of sp³-hybridized carbons (Fsp3) is 0.211. The van der Waals surface area contributed by atoms with Gasteiger partial charge in [0.05, 0.1) is 15.6 Å². The van der Waals surface area contributed by atoms with Crippen LogP contribution < -0.4 is 11.1 Å². The average Bonchev–Trinajstić information content (AvgIpc) is 3.28. The topological polar surface area (TPSA) is 98.2 Å². The van der Waals surface area contributed by atoms with Gasteiger partial charge in [0, 0.05) is 16.5 Å². The molecule has 0 saturated heterocycles.